The van der Waals surface area contributed by atoms with Gasteiger partial charge in [0, 0.05) is 11.3 Å². The summed E-state index contributed by atoms with van der Waals surface area (Å²) < 4.78 is 5.62. The molecule has 0 aliphatic heterocycles. The molecule has 1 N–H and O–H groups in total. The van der Waals surface area contributed by atoms with Crippen molar-refractivity contribution in [2.75, 3.05) is 11.9 Å². The fourth-order valence-corrected chi connectivity index (χ4v) is 1.92. The van der Waals surface area contributed by atoms with Crippen molar-refractivity contribution in [3.8, 4) is 5.75 Å². The van der Waals surface area contributed by atoms with Crippen molar-refractivity contribution in [3.05, 3.63) is 59.7 Å². The third-order valence-electron chi connectivity index (χ3n) is 3.09. The van der Waals surface area contributed by atoms with Gasteiger partial charge in [-0.3, -0.25) is 4.79 Å². The molecule has 0 saturated carbocycles. The number of benzene rings is 2. The molecule has 0 aliphatic carbocycles. The molecule has 0 fully saturated rings. The minimum atomic E-state index is -0.0936. The number of carbonyl (C=O) groups is 1. The van der Waals surface area contributed by atoms with Gasteiger partial charge in [0.05, 0.1) is 6.61 Å². The first-order valence-electron chi connectivity index (χ1n) is 7.16. The summed E-state index contributed by atoms with van der Waals surface area (Å²) >= 11 is 0. The molecule has 0 aliphatic rings. The van der Waals surface area contributed by atoms with Gasteiger partial charge in [-0.15, -0.1) is 0 Å². The van der Waals surface area contributed by atoms with Gasteiger partial charge >= 0.3 is 0 Å². The Morgan fingerprint density at radius 1 is 1.10 bits per heavy atom. The Hall–Kier alpha value is -2.29. The standard InChI is InChI=1S/C18H21NO2/c1-13(2)12-21-16-10-8-15(9-11-16)19-18(20)17-7-5-4-6-14(17)3/h4-11,13H,12H2,1-3H3,(H,19,20). The lowest BCUT2D eigenvalue weighted by molar-refractivity contribution is 0.102. The second-order valence-electron chi connectivity index (χ2n) is 5.50. The summed E-state index contributed by atoms with van der Waals surface area (Å²) in [6.45, 7) is 6.83. The number of anilines is 1. The van der Waals surface area contributed by atoms with Crippen molar-refractivity contribution in [2.24, 2.45) is 5.92 Å². The van der Waals surface area contributed by atoms with Crippen molar-refractivity contribution in [1.82, 2.24) is 0 Å². The summed E-state index contributed by atoms with van der Waals surface area (Å²) in [5.41, 5.74) is 2.42. The predicted octanol–water partition coefficient (Wildman–Crippen LogP) is 4.28. The molecule has 0 heterocycles. The van der Waals surface area contributed by atoms with Crippen molar-refractivity contribution >= 4 is 11.6 Å². The first-order valence-corrected chi connectivity index (χ1v) is 7.16. The van der Waals surface area contributed by atoms with Gasteiger partial charge in [-0.2, -0.15) is 0 Å². The van der Waals surface area contributed by atoms with Gasteiger partial charge in [0.2, 0.25) is 0 Å². The van der Waals surface area contributed by atoms with Crippen LogP contribution in [0.5, 0.6) is 5.75 Å². The van der Waals surface area contributed by atoms with Gasteiger partial charge in [-0.05, 0) is 48.7 Å². The molecule has 0 spiro atoms. The van der Waals surface area contributed by atoms with Crippen LogP contribution in [0.1, 0.15) is 29.8 Å². The number of carbonyl (C=O) groups excluding carboxylic acids is 1. The molecule has 21 heavy (non-hydrogen) atoms. The van der Waals surface area contributed by atoms with Crippen LogP contribution in [0, 0.1) is 12.8 Å². The molecule has 0 aromatic heterocycles. The lowest BCUT2D eigenvalue weighted by Crippen LogP contribution is -2.13. The minimum absolute atomic E-state index is 0.0936. The van der Waals surface area contributed by atoms with Crippen LogP contribution in [-0.4, -0.2) is 12.5 Å². The van der Waals surface area contributed by atoms with E-state index < -0.39 is 0 Å². The van der Waals surface area contributed by atoms with Crippen LogP contribution < -0.4 is 10.1 Å². The topological polar surface area (TPSA) is 38.3 Å². The zero-order valence-corrected chi connectivity index (χ0v) is 12.7. The van der Waals surface area contributed by atoms with Gasteiger partial charge < -0.3 is 10.1 Å². The monoisotopic (exact) mass is 283 g/mol. The smallest absolute Gasteiger partial charge is 0.255 e. The summed E-state index contributed by atoms with van der Waals surface area (Å²) in [7, 11) is 0. The van der Waals surface area contributed by atoms with Gasteiger partial charge in [-0.25, -0.2) is 0 Å². The Bertz CT molecular complexity index is 603. The Morgan fingerprint density at radius 3 is 2.38 bits per heavy atom. The van der Waals surface area contributed by atoms with Crippen molar-refractivity contribution in [2.45, 2.75) is 20.8 Å². The Labute approximate surface area is 126 Å². The molecule has 0 bridgehead atoms. The molecular formula is C18H21NO2. The maximum atomic E-state index is 12.2. The van der Waals surface area contributed by atoms with Crippen LogP contribution in [-0.2, 0) is 0 Å². The van der Waals surface area contributed by atoms with Crippen molar-refractivity contribution in [3.63, 3.8) is 0 Å². The van der Waals surface area contributed by atoms with Gasteiger partial charge in [0.15, 0.2) is 0 Å². The molecule has 2 rings (SSSR count). The van der Waals surface area contributed by atoms with Gasteiger partial charge in [-0.1, -0.05) is 32.0 Å². The molecule has 3 heteroatoms. The van der Waals surface area contributed by atoms with Crippen LogP contribution in [0.15, 0.2) is 48.5 Å². The maximum Gasteiger partial charge on any atom is 0.255 e. The molecule has 3 nitrogen and oxygen atoms in total. The lowest BCUT2D eigenvalue weighted by Gasteiger charge is -2.10. The lowest BCUT2D eigenvalue weighted by atomic mass is 10.1. The van der Waals surface area contributed by atoms with E-state index in [1.807, 2.05) is 55.5 Å². The quantitative estimate of drug-likeness (QED) is 0.889. The van der Waals surface area contributed by atoms with E-state index in [0.29, 0.717) is 18.1 Å². The second kappa shape index (κ2) is 6.93. The van der Waals surface area contributed by atoms with E-state index in [0.717, 1.165) is 17.0 Å². The van der Waals surface area contributed by atoms with E-state index in [4.69, 9.17) is 4.74 Å². The fraction of sp³-hybridized carbons (Fsp3) is 0.278. The highest BCUT2D eigenvalue weighted by molar-refractivity contribution is 6.05. The maximum absolute atomic E-state index is 12.2. The summed E-state index contributed by atoms with van der Waals surface area (Å²) in [6, 6.07) is 15.0. The molecule has 0 radical (unpaired) electrons. The zero-order valence-electron chi connectivity index (χ0n) is 12.7. The molecular weight excluding hydrogens is 262 g/mol. The number of rotatable bonds is 5. The third kappa shape index (κ3) is 4.35. The van der Waals surface area contributed by atoms with E-state index in [-0.39, 0.29) is 5.91 Å². The molecule has 110 valence electrons. The predicted molar refractivity (Wildman–Crippen MR) is 85.9 cm³/mol. The van der Waals surface area contributed by atoms with Crippen LogP contribution in [0.25, 0.3) is 0 Å². The Balaban J connectivity index is 2.00. The first kappa shape index (κ1) is 15.1. The average molecular weight is 283 g/mol. The summed E-state index contributed by atoms with van der Waals surface area (Å²) in [6.07, 6.45) is 0. The first-order chi connectivity index (χ1) is 10.1. The average Bonchev–Trinajstić information content (AvgIpc) is 2.47. The Morgan fingerprint density at radius 2 is 1.76 bits per heavy atom. The number of hydrogen-bond donors (Lipinski definition) is 1. The number of amides is 1. The largest absolute Gasteiger partial charge is 0.493 e. The van der Waals surface area contributed by atoms with Gasteiger partial charge in [0.1, 0.15) is 5.75 Å². The fourth-order valence-electron chi connectivity index (χ4n) is 1.92. The number of ether oxygens (including phenoxy) is 1. The van der Waals surface area contributed by atoms with Crippen LogP contribution in [0.2, 0.25) is 0 Å². The van der Waals surface area contributed by atoms with Crippen molar-refractivity contribution < 1.29 is 9.53 Å². The van der Waals surface area contributed by atoms with E-state index in [2.05, 4.69) is 19.2 Å². The highest BCUT2D eigenvalue weighted by Crippen LogP contribution is 2.18. The Kier molecular flexibility index (Phi) is 4.99. The zero-order chi connectivity index (χ0) is 15.2. The highest BCUT2D eigenvalue weighted by atomic mass is 16.5. The third-order valence-corrected chi connectivity index (χ3v) is 3.09. The van der Waals surface area contributed by atoms with Crippen LogP contribution in [0.3, 0.4) is 0 Å². The van der Waals surface area contributed by atoms with E-state index in [9.17, 15) is 4.79 Å². The molecule has 2 aromatic carbocycles. The summed E-state index contributed by atoms with van der Waals surface area (Å²) in [5, 5.41) is 2.90. The normalized spacial score (nSPS) is 10.5. The van der Waals surface area contributed by atoms with E-state index >= 15 is 0 Å². The number of nitrogens with one attached hydrogen (secondary N) is 1. The van der Waals surface area contributed by atoms with E-state index in [1.54, 1.807) is 0 Å². The van der Waals surface area contributed by atoms with Crippen LogP contribution in [0.4, 0.5) is 5.69 Å². The molecule has 0 unspecified atom stereocenters. The number of hydrogen-bond acceptors (Lipinski definition) is 2. The van der Waals surface area contributed by atoms with Crippen molar-refractivity contribution in [1.29, 1.82) is 0 Å². The minimum Gasteiger partial charge on any atom is -0.493 e. The molecule has 1 amide bonds. The summed E-state index contributed by atoms with van der Waals surface area (Å²) in [5.74, 6) is 1.21. The molecule has 0 saturated heterocycles. The van der Waals surface area contributed by atoms with Gasteiger partial charge in [0.25, 0.3) is 5.91 Å². The summed E-state index contributed by atoms with van der Waals surface area (Å²) in [4.78, 5) is 12.2. The SMILES string of the molecule is Cc1ccccc1C(=O)Nc1ccc(OCC(C)C)cc1. The van der Waals surface area contributed by atoms with Crippen LogP contribution >= 0.6 is 0 Å². The number of aryl methyl sites for hydroxylation is 1. The van der Waals surface area contributed by atoms with E-state index in [1.165, 1.54) is 0 Å². The molecule has 0 atom stereocenters. The molecule has 2 aromatic rings. The second-order valence-corrected chi connectivity index (χ2v) is 5.50. The highest BCUT2D eigenvalue weighted by Gasteiger charge is 2.08.